The number of primary amides is 1. The summed E-state index contributed by atoms with van der Waals surface area (Å²) in [5, 5.41) is 3.12. The molecule has 0 bridgehead atoms. The van der Waals surface area contributed by atoms with E-state index in [0.717, 1.165) is 24.2 Å². The van der Waals surface area contributed by atoms with Crippen molar-refractivity contribution in [2.75, 3.05) is 25.0 Å². The number of benzene rings is 2. The molecule has 0 radical (unpaired) electrons. The zero-order chi connectivity index (χ0) is 21.8. The maximum atomic E-state index is 12.3. The average Bonchev–Trinajstić information content (AvgIpc) is 3.36. The Bertz CT molecular complexity index is 1120. The first-order chi connectivity index (χ1) is 15.0. The number of likely N-dealkylation sites (tertiary alicyclic amines) is 1. The molecule has 0 atom stereocenters. The highest BCUT2D eigenvalue weighted by atomic mass is 16.2. The van der Waals surface area contributed by atoms with Gasteiger partial charge in [-0.1, -0.05) is 30.3 Å². The van der Waals surface area contributed by atoms with Gasteiger partial charge >= 0.3 is 0 Å². The van der Waals surface area contributed by atoms with Crippen LogP contribution in [0, 0.1) is 0 Å². The second-order valence-corrected chi connectivity index (χ2v) is 7.64. The number of nitrogens with zero attached hydrogens (tertiary/aromatic N) is 3. The molecule has 1 aromatic heterocycles. The standard InChI is InChI=1S/C23H25N5O3/c24-22(31)23-26-18-14-17(25-15-20(29)16-6-2-1-3-7-16)9-10-19(18)28(23)13-5-12-27-11-4-8-21(27)30/h1-3,6-7,9-10,14,25H,4-5,8,11-13,15H2,(H2,24,31). The summed E-state index contributed by atoms with van der Waals surface area (Å²) in [7, 11) is 0. The van der Waals surface area contributed by atoms with E-state index < -0.39 is 5.91 Å². The van der Waals surface area contributed by atoms with Crippen LogP contribution in [-0.2, 0) is 11.3 Å². The summed E-state index contributed by atoms with van der Waals surface area (Å²) < 4.78 is 1.80. The fourth-order valence-corrected chi connectivity index (χ4v) is 3.92. The van der Waals surface area contributed by atoms with Crippen LogP contribution in [0.3, 0.4) is 0 Å². The molecule has 2 heterocycles. The molecule has 1 saturated heterocycles. The Labute approximate surface area is 180 Å². The second-order valence-electron chi connectivity index (χ2n) is 7.64. The number of rotatable bonds is 9. The number of amides is 2. The highest BCUT2D eigenvalue weighted by Crippen LogP contribution is 2.21. The summed E-state index contributed by atoms with van der Waals surface area (Å²) >= 11 is 0. The Morgan fingerprint density at radius 2 is 1.90 bits per heavy atom. The van der Waals surface area contributed by atoms with E-state index in [9.17, 15) is 14.4 Å². The summed E-state index contributed by atoms with van der Waals surface area (Å²) in [6.07, 6.45) is 2.23. The molecule has 0 spiro atoms. The Morgan fingerprint density at radius 1 is 1.10 bits per heavy atom. The fraction of sp³-hybridized carbons (Fsp3) is 0.304. The van der Waals surface area contributed by atoms with Crippen molar-refractivity contribution < 1.29 is 14.4 Å². The number of Topliss-reactive ketones (excluding diaryl/α,β-unsaturated/α-hetero) is 1. The number of carbonyl (C=O) groups is 3. The zero-order valence-corrected chi connectivity index (χ0v) is 17.2. The normalized spacial score (nSPS) is 13.7. The number of fused-ring (bicyclic) bond motifs is 1. The molecule has 1 aliphatic heterocycles. The largest absolute Gasteiger partial charge is 0.378 e. The molecule has 31 heavy (non-hydrogen) atoms. The van der Waals surface area contributed by atoms with Gasteiger partial charge in [0.15, 0.2) is 11.6 Å². The van der Waals surface area contributed by atoms with Gasteiger partial charge < -0.3 is 20.5 Å². The Balaban J connectivity index is 1.47. The quantitative estimate of drug-likeness (QED) is 0.518. The molecule has 0 unspecified atom stereocenters. The molecular weight excluding hydrogens is 394 g/mol. The van der Waals surface area contributed by atoms with Crippen molar-refractivity contribution >= 4 is 34.3 Å². The van der Waals surface area contributed by atoms with Crippen LogP contribution in [0.2, 0.25) is 0 Å². The number of hydrogen-bond donors (Lipinski definition) is 2. The van der Waals surface area contributed by atoms with Gasteiger partial charge in [0.2, 0.25) is 5.91 Å². The Kier molecular flexibility index (Phi) is 5.97. The minimum absolute atomic E-state index is 0.0134. The summed E-state index contributed by atoms with van der Waals surface area (Å²) in [5.41, 5.74) is 8.35. The first-order valence-electron chi connectivity index (χ1n) is 10.4. The van der Waals surface area contributed by atoms with E-state index >= 15 is 0 Å². The predicted octanol–water partition coefficient (Wildman–Crippen LogP) is 2.44. The molecule has 8 nitrogen and oxygen atoms in total. The van der Waals surface area contributed by atoms with Gasteiger partial charge in [-0.3, -0.25) is 14.4 Å². The van der Waals surface area contributed by atoms with E-state index in [1.807, 2.05) is 35.2 Å². The monoisotopic (exact) mass is 419 g/mol. The minimum Gasteiger partial charge on any atom is -0.378 e. The van der Waals surface area contributed by atoms with Crippen molar-refractivity contribution in [1.82, 2.24) is 14.5 Å². The molecule has 0 aliphatic carbocycles. The SMILES string of the molecule is NC(=O)c1nc2cc(NCC(=O)c3ccccc3)ccc2n1CCCN1CCCC1=O. The Morgan fingerprint density at radius 3 is 2.61 bits per heavy atom. The molecule has 1 aliphatic rings. The third kappa shape index (κ3) is 4.58. The number of aryl methyl sites for hydroxylation is 1. The molecular formula is C23H25N5O3. The number of imidazole rings is 1. The molecule has 0 saturated carbocycles. The van der Waals surface area contributed by atoms with E-state index in [2.05, 4.69) is 10.3 Å². The highest BCUT2D eigenvalue weighted by Gasteiger charge is 2.20. The Hall–Kier alpha value is -3.68. The predicted molar refractivity (Wildman–Crippen MR) is 118 cm³/mol. The van der Waals surface area contributed by atoms with Crippen LogP contribution >= 0.6 is 0 Å². The minimum atomic E-state index is -0.595. The van der Waals surface area contributed by atoms with Gasteiger partial charge in [-0.05, 0) is 31.0 Å². The van der Waals surface area contributed by atoms with Crippen LogP contribution in [0.5, 0.6) is 0 Å². The maximum absolute atomic E-state index is 12.3. The van der Waals surface area contributed by atoms with Crippen molar-refractivity contribution in [2.45, 2.75) is 25.8 Å². The van der Waals surface area contributed by atoms with Crippen LogP contribution in [0.15, 0.2) is 48.5 Å². The second kappa shape index (κ2) is 8.99. The molecule has 2 amide bonds. The lowest BCUT2D eigenvalue weighted by Gasteiger charge is -2.16. The molecule has 3 aromatic rings. The topological polar surface area (TPSA) is 110 Å². The van der Waals surface area contributed by atoms with Gasteiger partial charge in [-0.25, -0.2) is 4.98 Å². The smallest absolute Gasteiger partial charge is 0.284 e. The number of ketones is 1. The van der Waals surface area contributed by atoms with E-state index in [1.54, 1.807) is 22.8 Å². The molecule has 1 fully saturated rings. The molecule has 3 N–H and O–H groups in total. The first-order valence-corrected chi connectivity index (χ1v) is 10.4. The lowest BCUT2D eigenvalue weighted by atomic mass is 10.1. The van der Waals surface area contributed by atoms with Crippen LogP contribution in [0.4, 0.5) is 5.69 Å². The van der Waals surface area contributed by atoms with Gasteiger partial charge in [-0.2, -0.15) is 0 Å². The number of anilines is 1. The van der Waals surface area contributed by atoms with Crippen LogP contribution < -0.4 is 11.1 Å². The average molecular weight is 419 g/mol. The number of nitrogens with one attached hydrogen (secondary N) is 1. The van der Waals surface area contributed by atoms with Crippen LogP contribution in [-0.4, -0.2) is 51.7 Å². The van der Waals surface area contributed by atoms with Crippen molar-refractivity contribution in [3.8, 4) is 0 Å². The fourth-order valence-electron chi connectivity index (χ4n) is 3.92. The third-order valence-electron chi connectivity index (χ3n) is 5.50. The summed E-state index contributed by atoms with van der Waals surface area (Å²) in [4.78, 5) is 42.3. The van der Waals surface area contributed by atoms with Crippen molar-refractivity contribution in [1.29, 1.82) is 0 Å². The maximum Gasteiger partial charge on any atom is 0.284 e. The number of nitrogens with two attached hydrogens (primary N) is 1. The van der Waals surface area contributed by atoms with Crippen molar-refractivity contribution in [2.24, 2.45) is 5.73 Å². The van der Waals surface area contributed by atoms with Gasteiger partial charge in [0.25, 0.3) is 5.91 Å². The lowest BCUT2D eigenvalue weighted by molar-refractivity contribution is -0.127. The molecule has 160 valence electrons. The number of aromatic nitrogens is 2. The molecule has 4 rings (SSSR count). The summed E-state index contributed by atoms with van der Waals surface area (Å²) in [6, 6.07) is 14.6. The number of hydrogen-bond acceptors (Lipinski definition) is 5. The highest BCUT2D eigenvalue weighted by molar-refractivity contribution is 5.99. The molecule has 8 heteroatoms. The zero-order valence-electron chi connectivity index (χ0n) is 17.2. The third-order valence-corrected chi connectivity index (χ3v) is 5.50. The van der Waals surface area contributed by atoms with Gasteiger partial charge in [0.1, 0.15) is 0 Å². The van der Waals surface area contributed by atoms with E-state index in [4.69, 9.17) is 5.73 Å². The van der Waals surface area contributed by atoms with E-state index in [-0.39, 0.29) is 24.1 Å². The summed E-state index contributed by atoms with van der Waals surface area (Å²) in [5.74, 6) is -0.227. The van der Waals surface area contributed by atoms with Gasteiger partial charge in [0.05, 0.1) is 17.6 Å². The van der Waals surface area contributed by atoms with E-state index in [1.165, 1.54) is 0 Å². The van der Waals surface area contributed by atoms with Crippen molar-refractivity contribution in [3.63, 3.8) is 0 Å². The van der Waals surface area contributed by atoms with Gasteiger partial charge in [-0.15, -0.1) is 0 Å². The van der Waals surface area contributed by atoms with Crippen LogP contribution in [0.1, 0.15) is 40.2 Å². The van der Waals surface area contributed by atoms with Gasteiger partial charge in [0, 0.05) is 37.3 Å². The van der Waals surface area contributed by atoms with Crippen LogP contribution in [0.25, 0.3) is 11.0 Å². The summed E-state index contributed by atoms with van der Waals surface area (Å²) in [6.45, 7) is 2.14. The van der Waals surface area contributed by atoms with E-state index in [0.29, 0.717) is 37.0 Å². The molecule has 2 aromatic carbocycles. The first kappa shape index (κ1) is 20.6. The number of carbonyl (C=O) groups excluding carboxylic acids is 3. The van der Waals surface area contributed by atoms with Crippen molar-refractivity contribution in [3.05, 3.63) is 59.9 Å². The lowest BCUT2D eigenvalue weighted by Crippen LogP contribution is -2.27.